The Morgan fingerprint density at radius 3 is 2.53 bits per heavy atom. The van der Waals surface area contributed by atoms with Crippen molar-refractivity contribution in [2.75, 3.05) is 0 Å². The molecule has 2 aromatic heterocycles. The van der Waals surface area contributed by atoms with Crippen molar-refractivity contribution in [3.05, 3.63) is 39.1 Å². The molecule has 0 N–H and O–H groups in total. The van der Waals surface area contributed by atoms with Crippen molar-refractivity contribution < 1.29 is 0 Å². The van der Waals surface area contributed by atoms with E-state index in [-0.39, 0.29) is 5.38 Å². The average molecular weight is 498 g/mol. The molecule has 0 aliphatic rings. The molecule has 0 bridgehead atoms. The maximum Gasteiger partial charge on any atom is 0.0936 e. The molecule has 2 heterocycles. The van der Waals surface area contributed by atoms with Gasteiger partial charge in [0.2, 0.25) is 0 Å². The fourth-order valence-electron chi connectivity index (χ4n) is 1.11. The molecule has 0 saturated heterocycles. The molecule has 0 spiro atoms. The Morgan fingerprint density at radius 2 is 2.07 bits per heavy atom. The second kappa shape index (κ2) is 5.35. The topological polar surface area (TPSA) is 0 Å². The lowest BCUT2D eigenvalue weighted by Gasteiger charge is -2.03. The summed E-state index contributed by atoms with van der Waals surface area (Å²) in [5.74, 6) is 0. The van der Waals surface area contributed by atoms with Crippen molar-refractivity contribution in [1.29, 1.82) is 0 Å². The summed E-state index contributed by atoms with van der Waals surface area (Å²) in [4.78, 5) is 1.16. The highest BCUT2D eigenvalue weighted by molar-refractivity contribution is 14.1. The zero-order valence-electron chi connectivity index (χ0n) is 7.14. The summed E-state index contributed by atoms with van der Waals surface area (Å²) in [6, 6.07) is 4.20. The Bertz CT molecular complexity index is 461. The van der Waals surface area contributed by atoms with E-state index in [1.54, 1.807) is 22.7 Å². The quantitative estimate of drug-likeness (QED) is 0.339. The van der Waals surface area contributed by atoms with Crippen LogP contribution in [0.25, 0.3) is 0 Å². The van der Waals surface area contributed by atoms with E-state index < -0.39 is 0 Å². The highest BCUT2D eigenvalue weighted by Gasteiger charge is 2.16. The van der Waals surface area contributed by atoms with Crippen molar-refractivity contribution >= 4 is 88.7 Å². The molecule has 0 aliphatic heterocycles. The van der Waals surface area contributed by atoms with Gasteiger partial charge < -0.3 is 0 Å². The fourth-order valence-corrected chi connectivity index (χ4v) is 5.00. The summed E-state index contributed by atoms with van der Waals surface area (Å²) < 4.78 is 3.43. The Balaban J connectivity index is 2.31. The average Bonchev–Trinajstić information content (AvgIpc) is 2.74. The number of halogens is 4. The van der Waals surface area contributed by atoms with Gasteiger partial charge in [-0.1, -0.05) is 0 Å². The van der Waals surface area contributed by atoms with Crippen LogP contribution < -0.4 is 0 Å². The van der Waals surface area contributed by atoms with Crippen molar-refractivity contribution in [3.8, 4) is 0 Å². The van der Waals surface area contributed by atoms with Gasteiger partial charge in [0.15, 0.2) is 0 Å². The van der Waals surface area contributed by atoms with Gasteiger partial charge in [-0.15, -0.1) is 34.3 Å². The number of rotatable bonds is 2. The van der Waals surface area contributed by atoms with E-state index >= 15 is 0 Å². The third-order valence-electron chi connectivity index (χ3n) is 1.79. The van der Waals surface area contributed by atoms with Gasteiger partial charge in [0.1, 0.15) is 0 Å². The van der Waals surface area contributed by atoms with E-state index in [2.05, 4.69) is 72.0 Å². The van der Waals surface area contributed by atoms with Gasteiger partial charge in [0, 0.05) is 9.35 Å². The molecule has 15 heavy (non-hydrogen) atoms. The zero-order valence-corrected chi connectivity index (χ0v) is 14.9. The minimum atomic E-state index is -0.0441. The monoisotopic (exact) mass is 496 g/mol. The Labute approximate surface area is 131 Å². The summed E-state index contributed by atoms with van der Waals surface area (Å²) in [6.45, 7) is 0. The second-order valence-electron chi connectivity index (χ2n) is 2.82. The normalized spacial score (nSPS) is 13.1. The van der Waals surface area contributed by atoms with Crippen molar-refractivity contribution in [3.63, 3.8) is 0 Å². The number of alkyl halides is 1. The molecular formula is C9H4Br2ClIS2. The summed E-state index contributed by atoms with van der Waals surface area (Å²) in [5.41, 5.74) is 1.17. The minimum absolute atomic E-state index is 0.0441. The van der Waals surface area contributed by atoms with E-state index in [4.69, 9.17) is 11.6 Å². The summed E-state index contributed by atoms with van der Waals surface area (Å²) in [6.07, 6.45) is 0. The largest absolute Gasteiger partial charge is 0.137 e. The Hall–Kier alpha value is 1.38. The molecule has 6 heteroatoms. The van der Waals surface area contributed by atoms with E-state index in [1.165, 1.54) is 8.45 Å². The van der Waals surface area contributed by atoms with Crippen LogP contribution in [0.15, 0.2) is 25.8 Å². The fraction of sp³-hybridized carbons (Fsp3) is 0.111. The first-order valence-electron chi connectivity index (χ1n) is 3.90. The van der Waals surface area contributed by atoms with Gasteiger partial charge in [0.05, 0.1) is 12.0 Å². The van der Waals surface area contributed by atoms with Crippen molar-refractivity contribution in [2.24, 2.45) is 0 Å². The highest BCUT2D eigenvalue weighted by Crippen LogP contribution is 2.41. The molecule has 0 radical (unpaired) electrons. The molecule has 0 fully saturated rings. The zero-order chi connectivity index (χ0) is 11.0. The molecule has 80 valence electrons. The van der Waals surface area contributed by atoms with Gasteiger partial charge in [-0.3, -0.25) is 0 Å². The Kier molecular flexibility index (Phi) is 4.58. The minimum Gasteiger partial charge on any atom is -0.137 e. The van der Waals surface area contributed by atoms with Gasteiger partial charge in [-0.25, -0.2) is 0 Å². The van der Waals surface area contributed by atoms with Crippen LogP contribution in [0, 0.1) is 2.88 Å². The van der Waals surface area contributed by atoms with Crippen LogP contribution in [0.4, 0.5) is 0 Å². The van der Waals surface area contributed by atoms with Crippen LogP contribution in [-0.4, -0.2) is 0 Å². The SMILES string of the molecule is ClC(c1csc(I)c1)c1cc(Br)c(Br)s1. The van der Waals surface area contributed by atoms with Crippen LogP contribution in [0.2, 0.25) is 0 Å². The predicted molar refractivity (Wildman–Crippen MR) is 84.5 cm³/mol. The molecule has 1 unspecified atom stereocenters. The van der Waals surface area contributed by atoms with E-state index in [0.29, 0.717) is 0 Å². The molecule has 1 atom stereocenters. The molecule has 0 aliphatic carbocycles. The number of thiophene rings is 2. The van der Waals surface area contributed by atoms with Crippen LogP contribution in [0.5, 0.6) is 0 Å². The van der Waals surface area contributed by atoms with Gasteiger partial charge >= 0.3 is 0 Å². The molecule has 2 rings (SSSR count). The van der Waals surface area contributed by atoms with Crippen LogP contribution in [0.3, 0.4) is 0 Å². The first kappa shape index (κ1) is 12.8. The molecule has 0 amide bonds. The summed E-state index contributed by atoms with van der Waals surface area (Å²) in [7, 11) is 0. The van der Waals surface area contributed by atoms with Crippen molar-refractivity contribution in [1.82, 2.24) is 0 Å². The summed E-state index contributed by atoms with van der Waals surface area (Å²) in [5, 5.41) is 2.07. The standard InChI is InChI=1S/C9H4Br2ClIS2/c10-5-2-6(15-9(5)11)8(12)4-1-7(13)14-3-4/h1-3,8H. The Morgan fingerprint density at radius 1 is 1.33 bits per heavy atom. The number of hydrogen-bond donors (Lipinski definition) is 0. The molecule has 0 nitrogen and oxygen atoms in total. The first-order valence-corrected chi connectivity index (χ1v) is 8.70. The van der Waals surface area contributed by atoms with Crippen LogP contribution in [-0.2, 0) is 0 Å². The third kappa shape index (κ3) is 2.98. The third-order valence-corrected chi connectivity index (χ3v) is 7.54. The number of hydrogen-bond acceptors (Lipinski definition) is 2. The summed E-state index contributed by atoms with van der Waals surface area (Å²) >= 11 is 19.0. The molecule has 0 aromatic carbocycles. The molecular weight excluding hydrogens is 494 g/mol. The maximum atomic E-state index is 6.40. The highest BCUT2D eigenvalue weighted by atomic mass is 127. The maximum absolute atomic E-state index is 6.40. The van der Waals surface area contributed by atoms with Gasteiger partial charge in [-0.2, -0.15) is 0 Å². The van der Waals surface area contributed by atoms with E-state index in [0.717, 1.165) is 13.1 Å². The van der Waals surface area contributed by atoms with Crippen LogP contribution in [0.1, 0.15) is 15.8 Å². The molecule has 2 aromatic rings. The first-order chi connectivity index (χ1) is 7.08. The lowest BCUT2D eigenvalue weighted by atomic mass is 10.2. The van der Waals surface area contributed by atoms with E-state index in [1.807, 2.05) is 0 Å². The lowest BCUT2D eigenvalue weighted by molar-refractivity contribution is 1.20. The lowest BCUT2D eigenvalue weighted by Crippen LogP contribution is -1.85. The van der Waals surface area contributed by atoms with Gasteiger partial charge in [0.25, 0.3) is 0 Å². The predicted octanol–water partition coefficient (Wildman–Crippen LogP) is 6.27. The second-order valence-corrected chi connectivity index (χ2v) is 9.31. The smallest absolute Gasteiger partial charge is 0.0936 e. The van der Waals surface area contributed by atoms with Crippen LogP contribution >= 0.6 is 88.7 Å². The van der Waals surface area contributed by atoms with Crippen molar-refractivity contribution in [2.45, 2.75) is 5.38 Å². The van der Waals surface area contributed by atoms with Gasteiger partial charge in [-0.05, 0) is 77.5 Å². The molecule has 0 saturated carbocycles. The van der Waals surface area contributed by atoms with E-state index in [9.17, 15) is 0 Å².